The zero-order valence-electron chi connectivity index (χ0n) is 16.1. The average Bonchev–Trinajstić information content (AvgIpc) is 3.14. The van der Waals surface area contributed by atoms with Crippen molar-refractivity contribution in [2.45, 2.75) is 32.6 Å². The first-order valence-corrected chi connectivity index (χ1v) is 10.2. The quantitative estimate of drug-likeness (QED) is 0.749. The highest BCUT2D eigenvalue weighted by atomic mass is 19.1. The summed E-state index contributed by atoms with van der Waals surface area (Å²) in [5, 5.41) is 0. The number of halogens is 1. The summed E-state index contributed by atoms with van der Waals surface area (Å²) in [6, 6.07) is 1.69. The smallest absolute Gasteiger partial charge is 0.266 e. The fourth-order valence-electron chi connectivity index (χ4n) is 6.04. The fourth-order valence-corrected chi connectivity index (χ4v) is 6.04. The van der Waals surface area contributed by atoms with E-state index < -0.39 is 11.4 Å². The van der Waals surface area contributed by atoms with Gasteiger partial charge in [-0.2, -0.15) is 0 Å². The molecule has 2 aliphatic heterocycles. The Bertz CT molecular complexity index is 1110. The number of Topliss-reactive ketones (excluding diaryl/α,β-unsaturated/α-hetero) is 1. The van der Waals surface area contributed by atoms with Gasteiger partial charge in [-0.1, -0.05) is 6.92 Å². The van der Waals surface area contributed by atoms with Gasteiger partial charge in [0.2, 0.25) is 0 Å². The molecule has 2 aromatic heterocycles. The van der Waals surface area contributed by atoms with Gasteiger partial charge in [0.15, 0.2) is 17.3 Å². The SMILES string of the molecule is CC(=O)c1cc2c3c(c(N4CC5CC6CC6C5C4)c(F)cn3c1=O)OC[C@@H]2C. The molecule has 28 heavy (non-hydrogen) atoms. The van der Waals surface area contributed by atoms with Gasteiger partial charge in [0.25, 0.3) is 5.56 Å². The highest BCUT2D eigenvalue weighted by Gasteiger charge is 2.56. The zero-order valence-corrected chi connectivity index (χ0v) is 16.1. The molecule has 0 N–H and O–H groups in total. The summed E-state index contributed by atoms with van der Waals surface area (Å²) in [6.45, 7) is 5.53. The normalized spacial score (nSPS) is 32.2. The first-order valence-electron chi connectivity index (χ1n) is 10.2. The van der Waals surface area contributed by atoms with Crippen LogP contribution < -0.4 is 15.2 Å². The number of aromatic nitrogens is 1. The lowest BCUT2D eigenvalue weighted by atomic mass is 9.95. The van der Waals surface area contributed by atoms with E-state index in [0.29, 0.717) is 35.4 Å². The summed E-state index contributed by atoms with van der Waals surface area (Å²) < 4.78 is 22.6. The third-order valence-electron chi connectivity index (χ3n) is 7.49. The minimum Gasteiger partial charge on any atom is -0.488 e. The number of carbonyl (C=O) groups excluding carboxylic acids is 1. The number of ketones is 1. The van der Waals surface area contributed by atoms with Gasteiger partial charge in [0, 0.05) is 19.0 Å². The van der Waals surface area contributed by atoms with E-state index in [9.17, 15) is 9.59 Å². The van der Waals surface area contributed by atoms with E-state index in [1.165, 1.54) is 30.4 Å². The summed E-state index contributed by atoms with van der Waals surface area (Å²) >= 11 is 0. The number of carbonyl (C=O) groups is 1. The van der Waals surface area contributed by atoms with Crippen molar-refractivity contribution in [1.82, 2.24) is 4.40 Å². The number of ether oxygens (including phenoxy) is 1. The summed E-state index contributed by atoms with van der Waals surface area (Å²) in [5.74, 6) is 2.80. The Morgan fingerprint density at radius 3 is 2.79 bits per heavy atom. The number of rotatable bonds is 2. The molecule has 1 saturated heterocycles. The molecule has 2 aromatic rings. The maximum Gasteiger partial charge on any atom is 0.266 e. The molecule has 6 rings (SSSR count). The first-order chi connectivity index (χ1) is 13.4. The lowest BCUT2D eigenvalue weighted by Crippen LogP contribution is -2.30. The maximum absolute atomic E-state index is 15.3. The Hall–Kier alpha value is -2.37. The molecule has 2 aliphatic carbocycles. The van der Waals surface area contributed by atoms with Crippen LogP contribution in [-0.4, -0.2) is 29.9 Å². The van der Waals surface area contributed by atoms with Gasteiger partial charge in [-0.25, -0.2) is 4.39 Å². The molecule has 5 atom stereocenters. The summed E-state index contributed by atoms with van der Waals surface area (Å²) in [7, 11) is 0. The molecule has 3 fully saturated rings. The lowest BCUT2D eigenvalue weighted by Gasteiger charge is -2.30. The number of fused-ring (bicyclic) bond motifs is 3. The highest BCUT2D eigenvalue weighted by Crippen LogP contribution is 2.61. The van der Waals surface area contributed by atoms with Crippen LogP contribution in [0.25, 0.3) is 5.52 Å². The van der Waals surface area contributed by atoms with Crippen LogP contribution in [0.3, 0.4) is 0 Å². The highest BCUT2D eigenvalue weighted by molar-refractivity contribution is 5.95. The van der Waals surface area contributed by atoms with E-state index in [2.05, 4.69) is 4.90 Å². The van der Waals surface area contributed by atoms with Crippen molar-refractivity contribution in [2.24, 2.45) is 23.7 Å². The molecule has 0 bridgehead atoms. The molecule has 6 heteroatoms. The number of hydrogen-bond donors (Lipinski definition) is 0. The number of hydrogen-bond acceptors (Lipinski definition) is 4. The molecule has 4 aliphatic rings. The minimum atomic E-state index is -0.477. The second kappa shape index (κ2) is 5.37. The van der Waals surface area contributed by atoms with Crippen LogP contribution in [-0.2, 0) is 0 Å². The van der Waals surface area contributed by atoms with Crippen LogP contribution in [0.15, 0.2) is 17.1 Å². The van der Waals surface area contributed by atoms with E-state index in [-0.39, 0.29) is 17.3 Å². The fraction of sp³-hybridized carbons (Fsp3) is 0.545. The van der Waals surface area contributed by atoms with Gasteiger partial charge >= 0.3 is 0 Å². The molecular weight excluding hydrogens is 359 g/mol. The van der Waals surface area contributed by atoms with Crippen LogP contribution in [0.4, 0.5) is 10.1 Å². The molecule has 0 aromatic carbocycles. The Balaban J connectivity index is 1.56. The molecular formula is C22H23FN2O3. The maximum atomic E-state index is 15.3. The van der Waals surface area contributed by atoms with Crippen molar-refractivity contribution in [2.75, 3.05) is 24.6 Å². The lowest BCUT2D eigenvalue weighted by molar-refractivity contribution is 0.101. The van der Waals surface area contributed by atoms with Crippen LogP contribution in [0.2, 0.25) is 0 Å². The zero-order chi connectivity index (χ0) is 19.3. The van der Waals surface area contributed by atoms with Crippen molar-refractivity contribution in [3.05, 3.63) is 39.6 Å². The molecule has 4 unspecified atom stereocenters. The van der Waals surface area contributed by atoms with E-state index in [0.717, 1.165) is 30.5 Å². The van der Waals surface area contributed by atoms with Gasteiger partial charge in [-0.15, -0.1) is 0 Å². The van der Waals surface area contributed by atoms with E-state index in [1.54, 1.807) is 6.07 Å². The monoisotopic (exact) mass is 382 g/mol. The van der Waals surface area contributed by atoms with Crippen molar-refractivity contribution < 1.29 is 13.9 Å². The van der Waals surface area contributed by atoms with E-state index >= 15 is 4.39 Å². The Labute approximate surface area is 162 Å². The molecule has 0 spiro atoms. The van der Waals surface area contributed by atoms with Gasteiger partial charge in [0.05, 0.1) is 23.9 Å². The van der Waals surface area contributed by atoms with E-state index in [1.807, 2.05) is 6.92 Å². The predicted molar refractivity (Wildman–Crippen MR) is 103 cm³/mol. The van der Waals surface area contributed by atoms with Gasteiger partial charge in [-0.3, -0.25) is 14.0 Å². The molecule has 146 valence electrons. The van der Waals surface area contributed by atoms with Gasteiger partial charge < -0.3 is 9.64 Å². The van der Waals surface area contributed by atoms with E-state index in [4.69, 9.17) is 4.74 Å². The molecule has 4 heterocycles. The molecule has 0 amide bonds. The number of pyridine rings is 2. The van der Waals surface area contributed by atoms with Gasteiger partial charge in [-0.05, 0) is 55.1 Å². The Morgan fingerprint density at radius 2 is 2.04 bits per heavy atom. The molecule has 2 saturated carbocycles. The number of anilines is 1. The Kier molecular flexibility index (Phi) is 3.18. The second-order valence-corrected chi connectivity index (χ2v) is 9.18. The largest absolute Gasteiger partial charge is 0.488 e. The van der Waals surface area contributed by atoms with Crippen LogP contribution in [0, 0.1) is 29.5 Å². The topological polar surface area (TPSA) is 51.0 Å². The first kappa shape index (κ1) is 16.6. The van der Waals surface area contributed by atoms with Crippen LogP contribution in [0.1, 0.15) is 48.5 Å². The summed E-state index contributed by atoms with van der Waals surface area (Å²) in [5.41, 5.74) is 1.62. The third-order valence-corrected chi connectivity index (χ3v) is 7.49. The molecule has 5 nitrogen and oxygen atoms in total. The predicted octanol–water partition coefficient (Wildman–Crippen LogP) is 3.23. The average molecular weight is 382 g/mol. The Morgan fingerprint density at radius 1 is 1.21 bits per heavy atom. The van der Waals surface area contributed by atoms with Gasteiger partial charge in [0.1, 0.15) is 5.69 Å². The van der Waals surface area contributed by atoms with Crippen molar-refractivity contribution in [3.8, 4) is 5.75 Å². The van der Waals surface area contributed by atoms with Crippen molar-refractivity contribution in [3.63, 3.8) is 0 Å². The third kappa shape index (κ3) is 2.06. The second-order valence-electron chi connectivity index (χ2n) is 9.18. The van der Waals surface area contributed by atoms with Crippen LogP contribution >= 0.6 is 0 Å². The number of nitrogens with zero attached hydrogens (tertiary/aromatic N) is 2. The summed E-state index contributed by atoms with van der Waals surface area (Å²) in [4.78, 5) is 26.9. The summed E-state index contributed by atoms with van der Waals surface area (Å²) in [6.07, 6.45) is 3.85. The van der Waals surface area contributed by atoms with Crippen LogP contribution in [0.5, 0.6) is 5.75 Å². The minimum absolute atomic E-state index is 0.0321. The van der Waals surface area contributed by atoms with Crippen molar-refractivity contribution in [1.29, 1.82) is 0 Å². The van der Waals surface area contributed by atoms with Crippen molar-refractivity contribution >= 4 is 17.0 Å². The standard InChI is InChI=1S/C22H23FN2O3/c1-10-9-28-21-19-14(10)5-15(11(2)26)22(27)25(19)8-18(23)20(21)24-6-13-3-12-4-16(12)17(13)7-24/h5,8,10,12-13,16-17H,3-4,6-7,9H2,1-2H3/t10-,12?,13?,16?,17?/m0/s1. The molecule has 0 radical (unpaired) electrons.